The molecule has 0 radical (unpaired) electrons. The van der Waals surface area contributed by atoms with Crippen LogP contribution < -0.4 is 4.74 Å². The zero-order chi connectivity index (χ0) is 25.0. The summed E-state index contributed by atoms with van der Waals surface area (Å²) in [5.41, 5.74) is 2.46. The molecule has 0 aromatic heterocycles. The van der Waals surface area contributed by atoms with Gasteiger partial charge in [-0.2, -0.15) is 0 Å². The van der Waals surface area contributed by atoms with E-state index in [9.17, 15) is 14.3 Å². The van der Waals surface area contributed by atoms with Crippen LogP contribution in [0.4, 0.5) is 4.39 Å². The van der Waals surface area contributed by atoms with Gasteiger partial charge in [-0.05, 0) is 98.3 Å². The zero-order valence-electron chi connectivity index (χ0n) is 19.0. The van der Waals surface area contributed by atoms with Gasteiger partial charge in [-0.1, -0.05) is 19.9 Å². The molecule has 1 unspecified atom stereocenters. The van der Waals surface area contributed by atoms with Crippen LogP contribution >= 0.6 is 40.4 Å². The SMILES string of the molecule is CC.CO.CPCc1cc(Br)c(Oc2ccc(O)c(Cc3ccc(C=O)c(F)c3)c2)c(Br)c1. The molecule has 0 aliphatic rings. The number of rotatable bonds is 7. The van der Waals surface area contributed by atoms with Crippen LogP contribution in [0.15, 0.2) is 57.5 Å². The van der Waals surface area contributed by atoms with Crippen LogP contribution in [0.1, 0.15) is 40.9 Å². The first-order valence-electron chi connectivity index (χ1n) is 10.2. The summed E-state index contributed by atoms with van der Waals surface area (Å²) in [4.78, 5) is 10.8. The Hall–Kier alpha value is -1.79. The average Bonchev–Trinajstić information content (AvgIpc) is 2.81. The maximum absolute atomic E-state index is 13.9. The molecular weight excluding hydrogens is 574 g/mol. The summed E-state index contributed by atoms with van der Waals surface area (Å²) in [5.74, 6) is 0.709. The summed E-state index contributed by atoms with van der Waals surface area (Å²) in [7, 11) is 1.82. The number of aldehydes is 1. The van der Waals surface area contributed by atoms with Crippen molar-refractivity contribution >= 4 is 46.7 Å². The number of aliphatic hydroxyl groups is 1. The summed E-state index contributed by atoms with van der Waals surface area (Å²) >= 11 is 7.12. The monoisotopic (exact) mass is 600 g/mol. The van der Waals surface area contributed by atoms with Gasteiger partial charge in [-0.3, -0.25) is 4.79 Å². The molecule has 178 valence electrons. The van der Waals surface area contributed by atoms with Gasteiger partial charge in [0.2, 0.25) is 0 Å². The number of phenolic OH excluding ortho intramolecular Hbond substituents is 1. The third-order valence-electron chi connectivity index (χ3n) is 4.30. The van der Waals surface area contributed by atoms with Crippen LogP contribution in [0, 0.1) is 5.82 Å². The van der Waals surface area contributed by atoms with Crippen molar-refractivity contribution in [3.63, 3.8) is 0 Å². The number of hydrogen-bond acceptors (Lipinski definition) is 4. The van der Waals surface area contributed by atoms with E-state index in [1.54, 1.807) is 24.3 Å². The van der Waals surface area contributed by atoms with E-state index in [1.165, 1.54) is 17.7 Å². The Balaban J connectivity index is 0.00000129. The van der Waals surface area contributed by atoms with E-state index in [4.69, 9.17) is 9.84 Å². The van der Waals surface area contributed by atoms with Crippen LogP contribution in [-0.4, -0.2) is 30.3 Å². The second-order valence-electron chi connectivity index (χ2n) is 6.46. The van der Waals surface area contributed by atoms with Crippen LogP contribution in [0.5, 0.6) is 17.2 Å². The lowest BCUT2D eigenvalue weighted by Crippen LogP contribution is -1.95. The van der Waals surface area contributed by atoms with Gasteiger partial charge < -0.3 is 14.9 Å². The van der Waals surface area contributed by atoms with Gasteiger partial charge in [-0.25, -0.2) is 4.39 Å². The van der Waals surface area contributed by atoms with Gasteiger partial charge in [0, 0.05) is 19.1 Å². The van der Waals surface area contributed by atoms with E-state index in [-0.39, 0.29) is 11.3 Å². The van der Waals surface area contributed by atoms with E-state index in [1.807, 2.05) is 26.0 Å². The Kier molecular flexibility index (Phi) is 13.4. The Bertz CT molecular complexity index is 1040. The summed E-state index contributed by atoms with van der Waals surface area (Å²) in [6, 6.07) is 13.4. The summed E-state index contributed by atoms with van der Waals surface area (Å²) in [6.07, 6.45) is 1.78. The first kappa shape index (κ1) is 29.2. The number of hydrogen-bond donors (Lipinski definition) is 2. The number of carbonyl (C=O) groups excluding carboxylic acids is 1. The average molecular weight is 602 g/mol. The fourth-order valence-electron chi connectivity index (χ4n) is 2.90. The van der Waals surface area contributed by atoms with E-state index in [2.05, 4.69) is 38.5 Å². The molecule has 4 nitrogen and oxygen atoms in total. The van der Waals surface area contributed by atoms with Crippen LogP contribution in [-0.2, 0) is 12.6 Å². The molecule has 0 amide bonds. The second-order valence-corrected chi connectivity index (χ2v) is 9.23. The highest BCUT2D eigenvalue weighted by Gasteiger charge is 2.13. The summed E-state index contributed by atoms with van der Waals surface area (Å²) in [5, 5.41) is 17.2. The third kappa shape index (κ3) is 8.49. The van der Waals surface area contributed by atoms with Gasteiger partial charge in [0.1, 0.15) is 17.3 Å². The van der Waals surface area contributed by atoms with Crippen LogP contribution in [0.3, 0.4) is 0 Å². The highest BCUT2D eigenvalue weighted by Crippen LogP contribution is 2.39. The fraction of sp³-hybridized carbons (Fsp3) is 0.240. The van der Waals surface area contributed by atoms with Gasteiger partial charge in [0.25, 0.3) is 0 Å². The molecule has 0 spiro atoms. The molecule has 0 heterocycles. The Morgan fingerprint density at radius 1 is 1.00 bits per heavy atom. The molecule has 3 aromatic rings. The van der Waals surface area contributed by atoms with Crippen molar-refractivity contribution in [2.75, 3.05) is 13.8 Å². The molecule has 0 aliphatic carbocycles. The number of phenols is 1. The highest BCUT2D eigenvalue weighted by atomic mass is 79.9. The van der Waals surface area contributed by atoms with Gasteiger partial charge >= 0.3 is 0 Å². The van der Waals surface area contributed by atoms with E-state index in [0.717, 1.165) is 30.8 Å². The van der Waals surface area contributed by atoms with Crippen LogP contribution in [0.25, 0.3) is 0 Å². The maximum atomic E-state index is 13.9. The summed E-state index contributed by atoms with van der Waals surface area (Å²) in [6.45, 7) is 6.16. The lowest BCUT2D eigenvalue weighted by Gasteiger charge is -2.14. The third-order valence-corrected chi connectivity index (χ3v) is 6.24. The molecule has 3 rings (SSSR count). The first-order chi connectivity index (χ1) is 15.9. The van der Waals surface area contributed by atoms with Crippen molar-refractivity contribution in [3.05, 3.63) is 85.5 Å². The molecule has 2 N–H and O–H groups in total. The first-order valence-corrected chi connectivity index (χ1v) is 13.5. The number of benzene rings is 3. The smallest absolute Gasteiger partial charge is 0.155 e. The van der Waals surface area contributed by atoms with Crippen molar-refractivity contribution in [1.29, 1.82) is 0 Å². The van der Waals surface area contributed by atoms with E-state index in [0.29, 0.717) is 35.3 Å². The minimum atomic E-state index is -0.579. The summed E-state index contributed by atoms with van der Waals surface area (Å²) < 4.78 is 21.6. The number of aromatic hydroxyl groups is 1. The molecule has 0 bridgehead atoms. The quantitative estimate of drug-likeness (QED) is 0.215. The molecule has 33 heavy (non-hydrogen) atoms. The largest absolute Gasteiger partial charge is 0.508 e. The Labute approximate surface area is 213 Å². The standard InChI is InChI=1S/C22H18Br2FO3P.C2H6.CH4O/c1-29-12-14-7-18(23)22(19(24)8-14)28-17-4-5-21(27)16(10-17)6-13-2-3-15(11-26)20(25)9-13;2*1-2/h2-5,7-11,27,29H,6,12H2,1H3;1-2H3;2H,1H3. The molecule has 0 aliphatic heterocycles. The van der Waals surface area contributed by atoms with E-state index >= 15 is 0 Å². The highest BCUT2D eigenvalue weighted by molar-refractivity contribution is 9.11. The molecule has 0 saturated heterocycles. The minimum absolute atomic E-state index is 0.0109. The minimum Gasteiger partial charge on any atom is -0.508 e. The number of carbonyl (C=O) groups is 1. The topological polar surface area (TPSA) is 66.8 Å². The number of aliphatic hydroxyl groups excluding tert-OH is 1. The van der Waals surface area contributed by atoms with Crippen molar-refractivity contribution in [2.45, 2.75) is 26.4 Å². The molecule has 0 saturated carbocycles. The van der Waals surface area contributed by atoms with Crippen molar-refractivity contribution in [2.24, 2.45) is 0 Å². The van der Waals surface area contributed by atoms with E-state index < -0.39 is 5.82 Å². The fourth-order valence-corrected chi connectivity index (χ4v) is 4.95. The van der Waals surface area contributed by atoms with Crippen LogP contribution in [0.2, 0.25) is 0 Å². The van der Waals surface area contributed by atoms with Gasteiger partial charge in [0.15, 0.2) is 12.0 Å². The lowest BCUT2D eigenvalue weighted by molar-refractivity contribution is 0.112. The normalized spacial score (nSPS) is 10.2. The van der Waals surface area contributed by atoms with Gasteiger partial charge in [-0.15, -0.1) is 8.58 Å². The Morgan fingerprint density at radius 3 is 2.18 bits per heavy atom. The molecule has 3 aromatic carbocycles. The molecule has 1 atom stereocenters. The number of halogens is 3. The molecule has 0 fully saturated rings. The van der Waals surface area contributed by atoms with Crippen molar-refractivity contribution in [3.8, 4) is 17.2 Å². The molecular formula is C25H28Br2FO4P. The predicted molar refractivity (Wildman–Crippen MR) is 142 cm³/mol. The lowest BCUT2D eigenvalue weighted by atomic mass is 10.0. The Morgan fingerprint density at radius 2 is 1.64 bits per heavy atom. The molecule has 8 heteroatoms. The second kappa shape index (κ2) is 15.2. The van der Waals surface area contributed by atoms with Crippen molar-refractivity contribution < 1.29 is 24.1 Å². The zero-order valence-corrected chi connectivity index (χ0v) is 23.1. The maximum Gasteiger partial charge on any atom is 0.155 e. The van der Waals surface area contributed by atoms with Crippen molar-refractivity contribution in [1.82, 2.24) is 0 Å². The van der Waals surface area contributed by atoms with Gasteiger partial charge in [0.05, 0.1) is 14.5 Å². The predicted octanol–water partition coefficient (Wildman–Crippen LogP) is 7.69. The number of ether oxygens (including phenoxy) is 1.